The number of furan rings is 1. The zero-order valence-corrected chi connectivity index (χ0v) is 10.2. The van der Waals surface area contributed by atoms with Gasteiger partial charge >= 0.3 is 0 Å². The monoisotopic (exact) mass is 264 g/mol. The predicted octanol–water partition coefficient (Wildman–Crippen LogP) is 4.27. The van der Waals surface area contributed by atoms with Crippen LogP contribution in [0.3, 0.4) is 0 Å². The molecule has 0 bridgehead atoms. The first-order chi connectivity index (χ1) is 7.27. The van der Waals surface area contributed by atoms with Crippen LogP contribution in [-0.4, -0.2) is 0 Å². The van der Waals surface area contributed by atoms with Crippen molar-refractivity contribution in [2.75, 3.05) is 0 Å². The lowest BCUT2D eigenvalue weighted by molar-refractivity contribution is 0.507. The summed E-state index contributed by atoms with van der Waals surface area (Å²) in [7, 11) is 0. The van der Waals surface area contributed by atoms with Gasteiger partial charge in [-0.25, -0.2) is 0 Å². The van der Waals surface area contributed by atoms with Crippen molar-refractivity contribution in [2.24, 2.45) is 0 Å². The maximum atomic E-state index is 5.36. The maximum Gasteiger partial charge on any atom is 0.117 e. The Kier molecular flexibility index (Phi) is 3.27. The van der Waals surface area contributed by atoms with E-state index in [0.29, 0.717) is 0 Å². The van der Waals surface area contributed by atoms with Crippen molar-refractivity contribution in [3.63, 3.8) is 0 Å². The Morgan fingerprint density at radius 3 is 2.67 bits per heavy atom. The average molecular weight is 265 g/mol. The van der Waals surface area contributed by atoms with E-state index < -0.39 is 0 Å². The van der Waals surface area contributed by atoms with Crippen LogP contribution in [0.4, 0.5) is 0 Å². The third kappa shape index (κ3) is 2.51. The number of alkyl halides is 1. The summed E-state index contributed by atoms with van der Waals surface area (Å²) in [6, 6.07) is 12.3. The predicted molar refractivity (Wildman–Crippen MR) is 65.3 cm³/mol. The fraction of sp³-hybridized carbons (Fsp3) is 0.231. The van der Waals surface area contributed by atoms with E-state index in [9.17, 15) is 0 Å². The minimum atomic E-state index is 0.258. The highest BCUT2D eigenvalue weighted by atomic mass is 79.9. The van der Waals surface area contributed by atoms with Gasteiger partial charge in [0.2, 0.25) is 0 Å². The van der Waals surface area contributed by atoms with Crippen molar-refractivity contribution in [1.29, 1.82) is 0 Å². The molecule has 1 aromatic heterocycles. The van der Waals surface area contributed by atoms with Gasteiger partial charge in [-0.2, -0.15) is 0 Å². The van der Waals surface area contributed by atoms with Gasteiger partial charge in [-0.1, -0.05) is 40.2 Å². The lowest BCUT2D eigenvalue weighted by atomic mass is 10.0. The van der Waals surface area contributed by atoms with Gasteiger partial charge in [0.15, 0.2) is 0 Å². The molecular weight excluding hydrogens is 252 g/mol. The number of halogens is 1. The second kappa shape index (κ2) is 4.67. The van der Waals surface area contributed by atoms with Gasteiger partial charge < -0.3 is 4.42 Å². The summed E-state index contributed by atoms with van der Waals surface area (Å²) in [4.78, 5) is 0.258. The maximum absolute atomic E-state index is 5.36. The molecule has 78 valence electrons. The molecule has 0 radical (unpaired) electrons. The minimum absolute atomic E-state index is 0.258. The molecule has 0 N–H and O–H groups in total. The van der Waals surface area contributed by atoms with Gasteiger partial charge in [0.1, 0.15) is 5.76 Å². The zero-order chi connectivity index (χ0) is 10.7. The fourth-order valence-electron chi connectivity index (χ4n) is 1.60. The normalized spacial score (nSPS) is 12.7. The van der Waals surface area contributed by atoms with Crippen molar-refractivity contribution in [3.8, 4) is 0 Å². The Bertz CT molecular complexity index is 420. The molecule has 2 aromatic rings. The molecule has 0 saturated heterocycles. The molecule has 1 aromatic carbocycles. The van der Waals surface area contributed by atoms with Gasteiger partial charge in [0, 0.05) is 0 Å². The molecule has 1 nitrogen and oxygen atoms in total. The zero-order valence-electron chi connectivity index (χ0n) is 8.61. The summed E-state index contributed by atoms with van der Waals surface area (Å²) in [5, 5.41) is 0. The van der Waals surface area contributed by atoms with Crippen LogP contribution in [0.2, 0.25) is 0 Å². The van der Waals surface area contributed by atoms with E-state index in [1.54, 1.807) is 6.26 Å². The highest BCUT2D eigenvalue weighted by Crippen LogP contribution is 2.28. The van der Waals surface area contributed by atoms with E-state index in [0.717, 1.165) is 12.2 Å². The largest absolute Gasteiger partial charge is 0.468 e. The fourth-order valence-corrected chi connectivity index (χ4v) is 2.21. The lowest BCUT2D eigenvalue weighted by Crippen LogP contribution is -1.95. The van der Waals surface area contributed by atoms with E-state index in [1.165, 1.54) is 11.1 Å². The minimum Gasteiger partial charge on any atom is -0.468 e. The van der Waals surface area contributed by atoms with Gasteiger partial charge in [-0.05, 0) is 36.6 Å². The number of benzene rings is 1. The third-order valence-corrected chi connectivity index (χ3v) is 3.29. The number of hydrogen-bond acceptors (Lipinski definition) is 1. The first-order valence-corrected chi connectivity index (χ1v) is 5.91. The molecule has 0 aliphatic carbocycles. The van der Waals surface area contributed by atoms with Crippen molar-refractivity contribution in [1.82, 2.24) is 0 Å². The molecule has 1 unspecified atom stereocenters. The molecule has 2 heteroatoms. The van der Waals surface area contributed by atoms with E-state index in [4.69, 9.17) is 4.42 Å². The standard InChI is InChI=1S/C13H13BrO/c1-10-5-2-3-6-11(10)9-12(14)13-7-4-8-15-13/h2-8,12H,9H2,1H3. The highest BCUT2D eigenvalue weighted by Gasteiger charge is 2.11. The number of aryl methyl sites for hydroxylation is 1. The van der Waals surface area contributed by atoms with Crippen LogP contribution in [0.5, 0.6) is 0 Å². The van der Waals surface area contributed by atoms with Gasteiger partial charge in [-0.3, -0.25) is 0 Å². The summed E-state index contributed by atoms with van der Waals surface area (Å²) in [6.45, 7) is 2.14. The quantitative estimate of drug-likeness (QED) is 0.755. The molecule has 0 saturated carbocycles. The van der Waals surface area contributed by atoms with Crippen LogP contribution in [0, 0.1) is 6.92 Å². The molecule has 0 aliphatic rings. The topological polar surface area (TPSA) is 13.1 Å². The summed E-state index contributed by atoms with van der Waals surface area (Å²) in [5.74, 6) is 0.984. The Morgan fingerprint density at radius 2 is 2.00 bits per heavy atom. The van der Waals surface area contributed by atoms with E-state index in [2.05, 4.69) is 47.1 Å². The van der Waals surface area contributed by atoms with Crippen LogP contribution in [-0.2, 0) is 6.42 Å². The molecule has 0 aliphatic heterocycles. The van der Waals surface area contributed by atoms with Crippen molar-refractivity contribution in [2.45, 2.75) is 18.2 Å². The Balaban J connectivity index is 2.13. The molecule has 0 amide bonds. The number of rotatable bonds is 3. The third-order valence-electron chi connectivity index (χ3n) is 2.51. The first-order valence-electron chi connectivity index (χ1n) is 4.99. The van der Waals surface area contributed by atoms with Crippen molar-refractivity contribution >= 4 is 15.9 Å². The Labute approximate surface area is 98.2 Å². The van der Waals surface area contributed by atoms with Gasteiger partial charge in [0.25, 0.3) is 0 Å². The molecule has 0 fully saturated rings. The van der Waals surface area contributed by atoms with Gasteiger partial charge in [0.05, 0.1) is 11.1 Å². The van der Waals surface area contributed by atoms with Crippen molar-refractivity contribution < 1.29 is 4.42 Å². The molecule has 2 rings (SSSR count). The van der Waals surface area contributed by atoms with E-state index >= 15 is 0 Å². The second-order valence-electron chi connectivity index (χ2n) is 3.61. The van der Waals surface area contributed by atoms with Crippen LogP contribution in [0.25, 0.3) is 0 Å². The summed E-state index contributed by atoms with van der Waals surface area (Å²) in [5.41, 5.74) is 2.68. The first kappa shape index (κ1) is 10.5. The highest BCUT2D eigenvalue weighted by molar-refractivity contribution is 9.09. The van der Waals surface area contributed by atoms with E-state index in [1.807, 2.05) is 12.1 Å². The molecule has 1 atom stereocenters. The Morgan fingerprint density at radius 1 is 1.20 bits per heavy atom. The molecule has 1 heterocycles. The summed E-state index contributed by atoms with van der Waals surface area (Å²) >= 11 is 3.64. The summed E-state index contributed by atoms with van der Waals surface area (Å²) in [6.07, 6.45) is 2.67. The average Bonchev–Trinajstić information content (AvgIpc) is 2.74. The molecule has 15 heavy (non-hydrogen) atoms. The second-order valence-corrected chi connectivity index (χ2v) is 4.72. The Hall–Kier alpha value is -1.02. The summed E-state index contributed by atoms with van der Waals surface area (Å²) < 4.78 is 5.36. The smallest absolute Gasteiger partial charge is 0.117 e. The molecule has 0 spiro atoms. The van der Waals surface area contributed by atoms with Crippen LogP contribution in [0.1, 0.15) is 21.7 Å². The lowest BCUT2D eigenvalue weighted by Gasteiger charge is -2.09. The number of hydrogen-bond donors (Lipinski definition) is 0. The molecular formula is C13H13BrO. The van der Waals surface area contributed by atoms with Crippen molar-refractivity contribution in [3.05, 3.63) is 59.5 Å². The van der Waals surface area contributed by atoms with Crippen LogP contribution in [0.15, 0.2) is 47.1 Å². The SMILES string of the molecule is Cc1ccccc1CC(Br)c1ccco1. The van der Waals surface area contributed by atoms with Crippen LogP contribution < -0.4 is 0 Å². The van der Waals surface area contributed by atoms with Gasteiger partial charge in [-0.15, -0.1) is 0 Å². The van der Waals surface area contributed by atoms with Crippen LogP contribution >= 0.6 is 15.9 Å². The van der Waals surface area contributed by atoms with E-state index in [-0.39, 0.29) is 4.83 Å².